The highest BCUT2D eigenvalue weighted by molar-refractivity contribution is 5.91. The average Bonchev–Trinajstić information content (AvgIpc) is 3.32. The van der Waals surface area contributed by atoms with E-state index >= 15 is 0 Å². The van der Waals surface area contributed by atoms with Gasteiger partial charge in [-0.2, -0.15) is 0 Å². The molecule has 0 unspecified atom stereocenters. The maximum Gasteiger partial charge on any atom is 0.338 e. The molecule has 2 aliphatic heterocycles. The number of methoxy groups -OCH3 is 1. The highest BCUT2D eigenvalue weighted by Gasteiger charge is 2.61. The maximum atomic E-state index is 13.3. The van der Waals surface area contributed by atoms with Crippen LogP contribution in [0.1, 0.15) is 27.6 Å². The molecule has 0 radical (unpaired) electrons. The second kappa shape index (κ2) is 13.4. The van der Waals surface area contributed by atoms with Crippen LogP contribution >= 0.6 is 0 Å². The van der Waals surface area contributed by atoms with Gasteiger partial charge >= 0.3 is 17.9 Å². The van der Waals surface area contributed by atoms with Crippen LogP contribution < -0.4 is 0 Å². The first-order chi connectivity index (χ1) is 21.2. The van der Waals surface area contributed by atoms with Crippen LogP contribution in [0.3, 0.4) is 0 Å². The summed E-state index contributed by atoms with van der Waals surface area (Å²) in [6.07, 6.45) is -10.4. The smallest absolute Gasteiger partial charge is 0.338 e. The fourth-order valence-corrected chi connectivity index (χ4v) is 5.96. The molecule has 1 saturated heterocycles. The van der Waals surface area contributed by atoms with Crippen molar-refractivity contribution in [1.29, 1.82) is 0 Å². The lowest BCUT2D eigenvalue weighted by molar-refractivity contribution is -0.343. The molecule has 4 N–H and O–H groups in total. The van der Waals surface area contributed by atoms with Gasteiger partial charge in [0.25, 0.3) is 0 Å². The van der Waals surface area contributed by atoms with E-state index in [9.17, 15) is 34.8 Å². The molecule has 1 saturated carbocycles. The third kappa shape index (κ3) is 6.07. The Hall–Kier alpha value is -3.85. The molecule has 0 aromatic heterocycles. The van der Waals surface area contributed by atoms with Crippen molar-refractivity contribution in [2.24, 2.45) is 17.8 Å². The maximum absolute atomic E-state index is 13.3. The number of esters is 3. The second-order valence-electron chi connectivity index (χ2n) is 10.8. The summed E-state index contributed by atoms with van der Waals surface area (Å²) in [6, 6.07) is 16.3. The predicted molar refractivity (Wildman–Crippen MR) is 147 cm³/mol. The van der Waals surface area contributed by atoms with Crippen molar-refractivity contribution >= 4 is 17.9 Å². The minimum Gasteiger partial charge on any atom is -0.472 e. The van der Waals surface area contributed by atoms with Crippen LogP contribution in [0, 0.1) is 17.8 Å². The van der Waals surface area contributed by atoms with E-state index in [-0.39, 0.29) is 16.7 Å². The molecule has 2 heterocycles. The van der Waals surface area contributed by atoms with Crippen LogP contribution in [0.15, 0.2) is 72.5 Å². The summed E-state index contributed by atoms with van der Waals surface area (Å²) in [5.74, 6) is -4.74. The molecule has 2 aromatic rings. The SMILES string of the molecule is COC(=O)C1=CO[C@@H](O[C@@H]2O[C@H](CO)[C@@H](O)[C@@H](O)[C@@H]2O)[C@@H]2[C@@H](C)[C@@H](OC(=O)c3ccccc3)[C@@H](OC(=O)c3ccccc3)[C@H]12. The van der Waals surface area contributed by atoms with Crippen LogP contribution in [-0.4, -0.2) is 101 Å². The molecule has 2 aromatic carbocycles. The van der Waals surface area contributed by atoms with Gasteiger partial charge in [0, 0.05) is 17.8 Å². The summed E-state index contributed by atoms with van der Waals surface area (Å²) in [4.78, 5) is 39.5. The van der Waals surface area contributed by atoms with Crippen LogP contribution in [-0.2, 0) is 33.2 Å². The summed E-state index contributed by atoms with van der Waals surface area (Å²) < 4.78 is 34.2. The third-order valence-electron chi connectivity index (χ3n) is 8.26. The largest absolute Gasteiger partial charge is 0.472 e. The molecule has 0 amide bonds. The Bertz CT molecular complexity index is 1350. The lowest BCUT2D eigenvalue weighted by Gasteiger charge is -2.43. The van der Waals surface area contributed by atoms with E-state index in [0.29, 0.717) is 0 Å². The van der Waals surface area contributed by atoms with Crippen molar-refractivity contribution in [3.05, 3.63) is 83.6 Å². The fraction of sp³-hybridized carbons (Fsp3) is 0.452. The summed E-state index contributed by atoms with van der Waals surface area (Å²) in [5, 5.41) is 40.7. The first kappa shape index (κ1) is 31.6. The average molecular weight is 615 g/mol. The normalized spacial score (nSPS) is 34.6. The molecule has 236 valence electrons. The summed E-state index contributed by atoms with van der Waals surface area (Å²) in [5.41, 5.74) is 0.459. The molecule has 13 heteroatoms. The molecule has 0 bridgehead atoms. The number of fused-ring (bicyclic) bond motifs is 1. The number of hydrogen-bond donors (Lipinski definition) is 4. The molecule has 0 spiro atoms. The zero-order valence-electron chi connectivity index (χ0n) is 23.9. The van der Waals surface area contributed by atoms with E-state index in [1.165, 1.54) is 7.11 Å². The van der Waals surface area contributed by atoms with Crippen LogP contribution in [0.25, 0.3) is 0 Å². The standard InChI is InChI=1S/C31H34O13/c1-15-20-21(18(29(38)39-2)14-40-30(20)44-31-24(35)23(34)22(33)19(13-32)41-31)26(43-28(37)17-11-7-4-8-12-17)25(15)42-27(36)16-9-5-3-6-10-16/h3-12,14-15,19-26,30-35H,13H2,1-2H3/t15-,19-,20-,21-,22-,23-,24+,25-,26+,30+,31+/m1/s1. The number of ether oxygens (including phenoxy) is 6. The number of aliphatic hydroxyl groups is 4. The Morgan fingerprint density at radius 1 is 0.773 bits per heavy atom. The van der Waals surface area contributed by atoms with Crippen molar-refractivity contribution in [3.8, 4) is 0 Å². The van der Waals surface area contributed by atoms with E-state index in [2.05, 4.69) is 0 Å². The minimum absolute atomic E-state index is 0.0119. The molecule has 5 rings (SSSR count). The molecule has 44 heavy (non-hydrogen) atoms. The molecule has 1 aliphatic carbocycles. The monoisotopic (exact) mass is 614 g/mol. The Morgan fingerprint density at radius 2 is 1.34 bits per heavy atom. The van der Waals surface area contributed by atoms with Crippen LogP contribution in [0.4, 0.5) is 0 Å². The van der Waals surface area contributed by atoms with Gasteiger partial charge in [0.05, 0.1) is 36.7 Å². The van der Waals surface area contributed by atoms with Gasteiger partial charge in [-0.15, -0.1) is 0 Å². The third-order valence-corrected chi connectivity index (χ3v) is 8.26. The van der Waals surface area contributed by atoms with Crippen molar-refractivity contribution in [2.75, 3.05) is 13.7 Å². The van der Waals surface area contributed by atoms with Crippen molar-refractivity contribution in [3.63, 3.8) is 0 Å². The molecular weight excluding hydrogens is 580 g/mol. The summed E-state index contributed by atoms with van der Waals surface area (Å²) >= 11 is 0. The number of carbonyl (C=O) groups is 3. The van der Waals surface area contributed by atoms with Crippen LogP contribution in [0.2, 0.25) is 0 Å². The summed E-state index contributed by atoms with van der Waals surface area (Å²) in [7, 11) is 1.17. The molecule has 2 fully saturated rings. The van der Waals surface area contributed by atoms with Crippen molar-refractivity contribution < 1.29 is 63.2 Å². The van der Waals surface area contributed by atoms with E-state index in [4.69, 9.17) is 28.4 Å². The molecule has 13 nitrogen and oxygen atoms in total. The lowest BCUT2D eigenvalue weighted by Crippen LogP contribution is -2.60. The molecule has 11 atom stereocenters. The Labute approximate surface area is 252 Å². The molecule has 3 aliphatic rings. The van der Waals surface area contributed by atoms with Gasteiger partial charge in [0.15, 0.2) is 6.29 Å². The number of rotatable bonds is 8. The highest BCUT2D eigenvalue weighted by atomic mass is 16.8. The number of benzene rings is 2. The Kier molecular flexibility index (Phi) is 9.63. The highest BCUT2D eigenvalue weighted by Crippen LogP contribution is 2.50. The van der Waals surface area contributed by atoms with Gasteiger partial charge in [-0.25, -0.2) is 14.4 Å². The van der Waals surface area contributed by atoms with E-state index in [0.717, 1.165) is 6.26 Å². The Morgan fingerprint density at radius 3 is 1.89 bits per heavy atom. The van der Waals surface area contributed by atoms with Gasteiger partial charge in [0.1, 0.15) is 36.6 Å². The predicted octanol–water partition coefficient (Wildman–Crippen LogP) is 0.549. The zero-order valence-corrected chi connectivity index (χ0v) is 23.9. The minimum atomic E-state index is -1.74. The van der Waals surface area contributed by atoms with E-state index < -0.39 is 91.5 Å². The van der Waals surface area contributed by atoms with Gasteiger partial charge in [-0.05, 0) is 24.3 Å². The lowest BCUT2D eigenvalue weighted by atomic mass is 9.82. The number of hydrogen-bond acceptors (Lipinski definition) is 13. The Balaban J connectivity index is 1.51. The van der Waals surface area contributed by atoms with Crippen LogP contribution in [0.5, 0.6) is 0 Å². The van der Waals surface area contributed by atoms with Gasteiger partial charge in [-0.3, -0.25) is 0 Å². The first-order valence-corrected chi connectivity index (χ1v) is 14.1. The quantitative estimate of drug-likeness (QED) is 0.239. The van der Waals surface area contributed by atoms with Gasteiger partial charge in [-0.1, -0.05) is 43.3 Å². The van der Waals surface area contributed by atoms with E-state index in [1.807, 2.05) is 0 Å². The number of carbonyl (C=O) groups excluding carboxylic acids is 3. The van der Waals surface area contributed by atoms with Gasteiger partial charge < -0.3 is 48.8 Å². The van der Waals surface area contributed by atoms with Gasteiger partial charge in [0.2, 0.25) is 6.29 Å². The van der Waals surface area contributed by atoms with Crippen molar-refractivity contribution in [1.82, 2.24) is 0 Å². The van der Waals surface area contributed by atoms with Crippen molar-refractivity contribution in [2.45, 2.75) is 56.1 Å². The fourth-order valence-electron chi connectivity index (χ4n) is 5.96. The zero-order chi connectivity index (χ0) is 31.5. The summed E-state index contributed by atoms with van der Waals surface area (Å²) in [6.45, 7) is 1.02. The first-order valence-electron chi connectivity index (χ1n) is 14.1. The molecular formula is C31H34O13. The number of aliphatic hydroxyl groups excluding tert-OH is 4. The van der Waals surface area contributed by atoms with E-state index in [1.54, 1.807) is 67.6 Å². The topological polar surface area (TPSA) is 188 Å². The second-order valence-corrected chi connectivity index (χ2v) is 10.8.